The van der Waals surface area contributed by atoms with E-state index in [2.05, 4.69) is 0 Å². The molecule has 0 aliphatic carbocycles. The third-order valence-corrected chi connectivity index (χ3v) is 6.17. The molecule has 0 amide bonds. The van der Waals surface area contributed by atoms with E-state index in [1.54, 1.807) is 0 Å². The van der Waals surface area contributed by atoms with Crippen LogP contribution in [0, 0.1) is 6.92 Å². The Morgan fingerprint density at radius 1 is 1.37 bits per heavy atom. The highest BCUT2D eigenvalue weighted by molar-refractivity contribution is 7.89. The first-order valence-electron chi connectivity index (χ1n) is 5.42. The van der Waals surface area contributed by atoms with Gasteiger partial charge in [0.1, 0.15) is 9.77 Å². The van der Waals surface area contributed by atoms with E-state index in [0.717, 1.165) is 15.6 Å². The van der Waals surface area contributed by atoms with Crippen molar-refractivity contribution in [3.05, 3.63) is 15.8 Å². The standard InChI is InChI=1S/C10H13NO6S2/c1-5-4-18-8(10(14)15)9(5)19(16,17)11-2-6(12)7(13)3-11/h4,6-7,12-13H,2-3H2,1H3,(H,14,15)/t6-,7+. The largest absolute Gasteiger partial charge is 0.477 e. The molecule has 1 aliphatic heterocycles. The zero-order valence-corrected chi connectivity index (χ0v) is 11.6. The van der Waals surface area contributed by atoms with Gasteiger partial charge in [0.15, 0.2) is 0 Å². The molecule has 0 aromatic carbocycles. The van der Waals surface area contributed by atoms with E-state index in [1.165, 1.54) is 12.3 Å². The molecule has 0 radical (unpaired) electrons. The number of β-amino-alcohol motifs (C(OH)–C–C–N with tert-alkyl or cyclic N) is 2. The quantitative estimate of drug-likeness (QED) is 0.692. The molecule has 106 valence electrons. The minimum atomic E-state index is -4.02. The molecule has 1 saturated heterocycles. The number of carbonyl (C=O) groups is 1. The van der Waals surface area contributed by atoms with Crippen LogP contribution in [-0.4, -0.2) is 59.3 Å². The summed E-state index contributed by atoms with van der Waals surface area (Å²) in [5.41, 5.74) is 0.346. The van der Waals surface area contributed by atoms with E-state index < -0.39 is 28.2 Å². The second-order valence-electron chi connectivity index (χ2n) is 4.34. The number of aliphatic hydroxyl groups excluding tert-OH is 2. The lowest BCUT2D eigenvalue weighted by Gasteiger charge is -2.16. The molecule has 1 aliphatic rings. The van der Waals surface area contributed by atoms with Crippen molar-refractivity contribution >= 4 is 27.3 Å². The van der Waals surface area contributed by atoms with Gasteiger partial charge in [-0.25, -0.2) is 13.2 Å². The highest BCUT2D eigenvalue weighted by atomic mass is 32.2. The van der Waals surface area contributed by atoms with Crippen LogP contribution >= 0.6 is 11.3 Å². The smallest absolute Gasteiger partial charge is 0.347 e. The second-order valence-corrected chi connectivity index (χ2v) is 7.09. The van der Waals surface area contributed by atoms with Crippen molar-refractivity contribution in [1.82, 2.24) is 4.31 Å². The first-order valence-corrected chi connectivity index (χ1v) is 7.74. The number of carboxylic acids is 1. The van der Waals surface area contributed by atoms with Crippen molar-refractivity contribution in [3.63, 3.8) is 0 Å². The van der Waals surface area contributed by atoms with Crippen molar-refractivity contribution in [2.75, 3.05) is 13.1 Å². The van der Waals surface area contributed by atoms with E-state index >= 15 is 0 Å². The number of rotatable bonds is 3. The van der Waals surface area contributed by atoms with Crippen molar-refractivity contribution in [2.24, 2.45) is 0 Å². The molecule has 1 fully saturated rings. The molecule has 3 N–H and O–H groups in total. The molecule has 1 aromatic heterocycles. The number of aliphatic hydroxyl groups is 2. The molecular formula is C10H13NO6S2. The van der Waals surface area contributed by atoms with Gasteiger partial charge in [-0.2, -0.15) is 4.31 Å². The average molecular weight is 307 g/mol. The van der Waals surface area contributed by atoms with Gasteiger partial charge < -0.3 is 15.3 Å². The second kappa shape index (κ2) is 4.84. The average Bonchev–Trinajstić information content (AvgIpc) is 2.84. The van der Waals surface area contributed by atoms with Gasteiger partial charge in [0.05, 0.1) is 12.2 Å². The molecule has 0 unspecified atom stereocenters. The van der Waals surface area contributed by atoms with Crippen LogP contribution in [0.5, 0.6) is 0 Å². The first-order chi connectivity index (χ1) is 8.75. The maximum absolute atomic E-state index is 12.4. The van der Waals surface area contributed by atoms with Gasteiger partial charge in [-0.3, -0.25) is 0 Å². The van der Waals surface area contributed by atoms with Crippen LogP contribution in [0.4, 0.5) is 0 Å². The molecule has 9 heteroatoms. The Kier molecular flexibility index (Phi) is 3.67. The number of hydrogen-bond acceptors (Lipinski definition) is 6. The predicted octanol–water partition coefficient (Wildman–Crippen LogP) is -0.519. The van der Waals surface area contributed by atoms with Gasteiger partial charge in [-0.15, -0.1) is 11.3 Å². The lowest BCUT2D eigenvalue weighted by Crippen LogP contribution is -2.31. The highest BCUT2D eigenvalue weighted by Gasteiger charge is 2.40. The molecule has 19 heavy (non-hydrogen) atoms. The molecule has 0 spiro atoms. The van der Waals surface area contributed by atoms with Gasteiger partial charge in [0, 0.05) is 13.1 Å². The van der Waals surface area contributed by atoms with Crippen LogP contribution in [0.25, 0.3) is 0 Å². The van der Waals surface area contributed by atoms with Crippen LogP contribution in [-0.2, 0) is 10.0 Å². The maximum Gasteiger partial charge on any atom is 0.347 e. The SMILES string of the molecule is Cc1csc(C(=O)O)c1S(=O)(=O)N1C[C@@H](O)[C@@H](O)C1. The number of carboxylic acid groups (broad SMARTS) is 1. The monoisotopic (exact) mass is 307 g/mol. The summed E-state index contributed by atoms with van der Waals surface area (Å²) in [4.78, 5) is 10.5. The fourth-order valence-electron chi connectivity index (χ4n) is 1.96. The number of aromatic carboxylic acids is 1. The molecule has 2 heterocycles. The van der Waals surface area contributed by atoms with Crippen molar-refractivity contribution in [3.8, 4) is 0 Å². The minimum Gasteiger partial charge on any atom is -0.477 e. The normalized spacial score (nSPS) is 24.8. The van der Waals surface area contributed by atoms with Crippen molar-refractivity contribution in [2.45, 2.75) is 24.0 Å². The number of thiophene rings is 1. The third-order valence-electron chi connectivity index (χ3n) is 2.94. The van der Waals surface area contributed by atoms with Crippen molar-refractivity contribution in [1.29, 1.82) is 0 Å². The van der Waals surface area contributed by atoms with Gasteiger partial charge in [-0.1, -0.05) is 0 Å². The Balaban J connectivity index is 2.46. The van der Waals surface area contributed by atoms with Gasteiger partial charge in [-0.05, 0) is 17.9 Å². The molecule has 0 saturated carbocycles. The zero-order chi connectivity index (χ0) is 14.4. The molecule has 1 aromatic rings. The Labute approximate surface area is 113 Å². The van der Waals surface area contributed by atoms with Crippen molar-refractivity contribution < 1.29 is 28.5 Å². The molecular weight excluding hydrogens is 294 g/mol. The Morgan fingerprint density at radius 3 is 2.37 bits per heavy atom. The summed E-state index contributed by atoms with van der Waals surface area (Å²) >= 11 is 0.841. The number of aryl methyl sites for hydroxylation is 1. The summed E-state index contributed by atoms with van der Waals surface area (Å²) in [5.74, 6) is -1.31. The summed E-state index contributed by atoms with van der Waals surface area (Å²) in [5, 5.41) is 29.3. The maximum atomic E-state index is 12.4. The molecule has 7 nitrogen and oxygen atoms in total. The summed E-state index contributed by atoms with van der Waals surface area (Å²) in [6, 6.07) is 0. The van der Waals surface area contributed by atoms with Crippen LogP contribution < -0.4 is 0 Å². The number of hydrogen-bond donors (Lipinski definition) is 3. The van der Waals surface area contributed by atoms with E-state index in [9.17, 15) is 23.4 Å². The first kappa shape index (κ1) is 14.4. The fourth-order valence-corrected chi connectivity index (χ4v) is 5.02. The van der Waals surface area contributed by atoms with Crippen LogP contribution in [0.3, 0.4) is 0 Å². The summed E-state index contributed by atoms with van der Waals surface area (Å²) in [7, 11) is -4.02. The van der Waals surface area contributed by atoms with Crippen LogP contribution in [0.2, 0.25) is 0 Å². The Morgan fingerprint density at radius 2 is 1.89 bits per heavy atom. The molecule has 2 rings (SSSR count). The van der Waals surface area contributed by atoms with Gasteiger partial charge in [0.2, 0.25) is 10.0 Å². The van der Waals surface area contributed by atoms with Crippen LogP contribution in [0.15, 0.2) is 10.3 Å². The fraction of sp³-hybridized carbons (Fsp3) is 0.500. The topological polar surface area (TPSA) is 115 Å². The third kappa shape index (κ3) is 2.39. The summed E-state index contributed by atoms with van der Waals surface area (Å²) in [6.45, 7) is 1.04. The summed E-state index contributed by atoms with van der Waals surface area (Å²) in [6.07, 6.45) is -2.30. The van der Waals surface area contributed by atoms with Gasteiger partial charge in [0.25, 0.3) is 0 Å². The van der Waals surface area contributed by atoms with Crippen LogP contribution in [0.1, 0.15) is 15.2 Å². The predicted molar refractivity (Wildman–Crippen MR) is 66.8 cm³/mol. The number of nitrogens with zero attached hydrogens (tertiary/aromatic N) is 1. The summed E-state index contributed by atoms with van der Waals surface area (Å²) < 4.78 is 25.7. The Bertz CT molecular complexity index is 598. The minimum absolute atomic E-state index is 0.238. The lowest BCUT2D eigenvalue weighted by molar-refractivity contribution is 0.0572. The zero-order valence-electron chi connectivity index (χ0n) is 9.98. The van der Waals surface area contributed by atoms with E-state index in [4.69, 9.17) is 5.11 Å². The lowest BCUT2D eigenvalue weighted by atomic mass is 10.3. The van der Waals surface area contributed by atoms with E-state index in [0.29, 0.717) is 5.56 Å². The molecule has 2 atom stereocenters. The Hall–Kier alpha value is -1.00. The number of sulfonamides is 1. The molecule has 0 bridgehead atoms. The van der Waals surface area contributed by atoms with Gasteiger partial charge >= 0.3 is 5.97 Å². The van der Waals surface area contributed by atoms with E-state index in [1.807, 2.05) is 0 Å². The van der Waals surface area contributed by atoms with E-state index in [-0.39, 0.29) is 22.9 Å². The highest BCUT2D eigenvalue weighted by Crippen LogP contribution is 2.31.